The molecule has 0 unspecified atom stereocenters. The summed E-state index contributed by atoms with van der Waals surface area (Å²) in [4.78, 5) is 14.4. The number of phenols is 1. The van der Waals surface area contributed by atoms with E-state index in [4.69, 9.17) is 0 Å². The van der Waals surface area contributed by atoms with Crippen molar-refractivity contribution in [1.82, 2.24) is 15.2 Å². The Kier molecular flexibility index (Phi) is 2.97. The van der Waals surface area contributed by atoms with Crippen molar-refractivity contribution in [2.75, 3.05) is 0 Å². The van der Waals surface area contributed by atoms with Crippen LogP contribution in [0.1, 0.15) is 26.6 Å². The number of benzene rings is 1. The van der Waals surface area contributed by atoms with E-state index < -0.39 is 4.92 Å². The Hall–Kier alpha value is -2.44. The molecule has 0 spiro atoms. The zero-order valence-electron chi connectivity index (χ0n) is 10.8. The Morgan fingerprint density at radius 3 is 2.58 bits per heavy atom. The highest BCUT2D eigenvalue weighted by molar-refractivity contribution is 5.63. The van der Waals surface area contributed by atoms with Gasteiger partial charge in [-0.1, -0.05) is 20.8 Å². The molecule has 0 fully saturated rings. The van der Waals surface area contributed by atoms with Gasteiger partial charge in [-0.25, -0.2) is 4.98 Å². The summed E-state index contributed by atoms with van der Waals surface area (Å²) in [6.07, 6.45) is 0. The Bertz CT molecular complexity index is 628. The number of aromatic amines is 1. The fourth-order valence-electron chi connectivity index (χ4n) is 1.54. The highest BCUT2D eigenvalue weighted by Crippen LogP contribution is 2.30. The molecule has 0 saturated carbocycles. The van der Waals surface area contributed by atoms with Crippen molar-refractivity contribution >= 4 is 5.69 Å². The number of nitro groups is 1. The lowest BCUT2D eigenvalue weighted by atomic mass is 9.96. The summed E-state index contributed by atoms with van der Waals surface area (Å²) in [5.74, 6) is 0.687. The van der Waals surface area contributed by atoms with Crippen LogP contribution in [-0.2, 0) is 5.41 Å². The lowest BCUT2D eigenvalue weighted by Gasteiger charge is -2.12. The molecule has 0 amide bonds. The number of aromatic hydroxyl groups is 1. The van der Waals surface area contributed by atoms with E-state index in [9.17, 15) is 15.2 Å². The number of nitro benzene ring substituents is 1. The molecular formula is C12H14N4O3. The van der Waals surface area contributed by atoms with Crippen LogP contribution in [0, 0.1) is 10.1 Å². The van der Waals surface area contributed by atoms with E-state index in [1.165, 1.54) is 18.2 Å². The van der Waals surface area contributed by atoms with E-state index in [0.717, 1.165) is 0 Å². The molecule has 0 bridgehead atoms. The first kappa shape index (κ1) is 13.0. The van der Waals surface area contributed by atoms with Gasteiger partial charge in [0.25, 0.3) is 0 Å². The molecule has 19 heavy (non-hydrogen) atoms. The van der Waals surface area contributed by atoms with Crippen LogP contribution in [-0.4, -0.2) is 25.2 Å². The molecular weight excluding hydrogens is 248 g/mol. The number of phenolic OH excluding ortho intramolecular Hbond substituents is 1. The second-order valence-corrected chi connectivity index (χ2v) is 5.22. The highest BCUT2D eigenvalue weighted by Gasteiger charge is 2.21. The number of aromatic nitrogens is 3. The minimum absolute atomic E-state index is 0.186. The van der Waals surface area contributed by atoms with Gasteiger partial charge in [-0.15, -0.1) is 0 Å². The van der Waals surface area contributed by atoms with E-state index in [-0.39, 0.29) is 16.9 Å². The van der Waals surface area contributed by atoms with Gasteiger partial charge < -0.3 is 5.11 Å². The largest absolute Gasteiger partial charge is 0.502 e. The fourth-order valence-corrected chi connectivity index (χ4v) is 1.54. The average molecular weight is 262 g/mol. The molecule has 2 N–H and O–H groups in total. The van der Waals surface area contributed by atoms with Crippen LogP contribution in [0.2, 0.25) is 0 Å². The van der Waals surface area contributed by atoms with Gasteiger partial charge in [0.2, 0.25) is 0 Å². The SMILES string of the molecule is CC(C)(C)c1nc(-c2ccc(O)c([N+](=O)[O-])c2)n[nH]1. The topological polar surface area (TPSA) is 105 Å². The van der Waals surface area contributed by atoms with Crippen LogP contribution in [0.4, 0.5) is 5.69 Å². The average Bonchev–Trinajstić information content (AvgIpc) is 2.78. The van der Waals surface area contributed by atoms with Crippen LogP contribution in [0.25, 0.3) is 11.4 Å². The second-order valence-electron chi connectivity index (χ2n) is 5.22. The first-order valence-corrected chi connectivity index (χ1v) is 5.69. The normalized spacial score (nSPS) is 11.5. The smallest absolute Gasteiger partial charge is 0.311 e. The molecule has 2 rings (SSSR count). The number of hydrogen-bond acceptors (Lipinski definition) is 5. The van der Waals surface area contributed by atoms with Crippen molar-refractivity contribution in [3.63, 3.8) is 0 Å². The third-order valence-corrected chi connectivity index (χ3v) is 2.63. The van der Waals surface area contributed by atoms with E-state index in [1.54, 1.807) is 0 Å². The van der Waals surface area contributed by atoms with E-state index in [0.29, 0.717) is 17.2 Å². The van der Waals surface area contributed by atoms with Crippen molar-refractivity contribution in [2.45, 2.75) is 26.2 Å². The molecule has 0 saturated heterocycles. The van der Waals surface area contributed by atoms with Crippen LogP contribution in [0.3, 0.4) is 0 Å². The molecule has 0 atom stereocenters. The molecule has 2 aromatic rings. The zero-order valence-corrected chi connectivity index (χ0v) is 10.8. The van der Waals surface area contributed by atoms with Gasteiger partial charge >= 0.3 is 5.69 Å². The molecule has 1 heterocycles. The van der Waals surface area contributed by atoms with Gasteiger partial charge in [0.15, 0.2) is 11.6 Å². The predicted octanol–water partition coefficient (Wildman–Crippen LogP) is 2.38. The Labute approximate surface area is 109 Å². The van der Waals surface area contributed by atoms with Gasteiger partial charge in [-0.3, -0.25) is 15.2 Å². The summed E-state index contributed by atoms with van der Waals surface area (Å²) < 4.78 is 0. The van der Waals surface area contributed by atoms with Crippen molar-refractivity contribution < 1.29 is 10.0 Å². The minimum atomic E-state index is -0.643. The maximum atomic E-state index is 10.8. The summed E-state index contributed by atoms with van der Waals surface area (Å²) >= 11 is 0. The number of hydrogen-bond donors (Lipinski definition) is 2. The molecule has 0 aliphatic carbocycles. The van der Waals surface area contributed by atoms with Crippen LogP contribution < -0.4 is 0 Å². The van der Waals surface area contributed by atoms with Crippen LogP contribution in [0.5, 0.6) is 5.75 Å². The molecule has 1 aromatic carbocycles. The molecule has 0 radical (unpaired) electrons. The van der Waals surface area contributed by atoms with Crippen LogP contribution >= 0.6 is 0 Å². The molecule has 0 aliphatic rings. The first-order valence-electron chi connectivity index (χ1n) is 5.69. The van der Waals surface area contributed by atoms with Gasteiger partial charge in [-0.05, 0) is 12.1 Å². The van der Waals surface area contributed by atoms with Crippen LogP contribution in [0.15, 0.2) is 18.2 Å². The number of nitrogens with zero attached hydrogens (tertiary/aromatic N) is 3. The summed E-state index contributed by atoms with van der Waals surface area (Å²) in [6.45, 7) is 5.95. The van der Waals surface area contributed by atoms with Gasteiger partial charge in [0.05, 0.1) is 4.92 Å². The summed E-state index contributed by atoms with van der Waals surface area (Å²) in [5.41, 5.74) is -0.0652. The van der Waals surface area contributed by atoms with Crippen molar-refractivity contribution in [2.24, 2.45) is 0 Å². The molecule has 7 nitrogen and oxygen atoms in total. The molecule has 1 aromatic heterocycles. The number of rotatable bonds is 2. The van der Waals surface area contributed by atoms with Crippen molar-refractivity contribution in [3.05, 3.63) is 34.1 Å². The second kappa shape index (κ2) is 4.34. The first-order chi connectivity index (χ1) is 8.79. The van der Waals surface area contributed by atoms with Crippen molar-refractivity contribution in [3.8, 4) is 17.1 Å². The maximum absolute atomic E-state index is 10.8. The lowest BCUT2D eigenvalue weighted by Crippen LogP contribution is -2.13. The van der Waals surface area contributed by atoms with Gasteiger partial charge in [-0.2, -0.15) is 5.10 Å². The summed E-state index contributed by atoms with van der Waals surface area (Å²) in [7, 11) is 0. The van der Waals surface area contributed by atoms with Gasteiger partial charge in [0.1, 0.15) is 5.82 Å². The zero-order chi connectivity index (χ0) is 14.2. The summed E-state index contributed by atoms with van der Waals surface area (Å²) in [6, 6.07) is 4.06. The Balaban J connectivity index is 2.45. The summed E-state index contributed by atoms with van der Waals surface area (Å²) in [5, 5.41) is 27.0. The minimum Gasteiger partial charge on any atom is -0.502 e. The standard InChI is InChI=1S/C12H14N4O3/c1-12(2,3)11-13-10(14-15-11)7-4-5-9(17)8(6-7)16(18)19/h4-6,17H,1-3H3,(H,13,14,15). The quantitative estimate of drug-likeness (QED) is 0.638. The number of H-pyrrole nitrogens is 1. The highest BCUT2D eigenvalue weighted by atomic mass is 16.6. The van der Waals surface area contributed by atoms with Gasteiger partial charge in [0, 0.05) is 17.0 Å². The molecule has 0 aliphatic heterocycles. The van der Waals surface area contributed by atoms with E-state index in [2.05, 4.69) is 15.2 Å². The van der Waals surface area contributed by atoms with E-state index >= 15 is 0 Å². The maximum Gasteiger partial charge on any atom is 0.311 e. The molecule has 100 valence electrons. The Morgan fingerprint density at radius 2 is 2.05 bits per heavy atom. The fraction of sp³-hybridized carbons (Fsp3) is 0.333. The van der Waals surface area contributed by atoms with Crippen molar-refractivity contribution in [1.29, 1.82) is 0 Å². The monoisotopic (exact) mass is 262 g/mol. The Morgan fingerprint density at radius 1 is 1.37 bits per heavy atom. The third-order valence-electron chi connectivity index (χ3n) is 2.63. The predicted molar refractivity (Wildman–Crippen MR) is 68.8 cm³/mol. The lowest BCUT2D eigenvalue weighted by molar-refractivity contribution is -0.385. The molecule has 7 heteroatoms. The van der Waals surface area contributed by atoms with E-state index in [1.807, 2.05) is 20.8 Å². The third kappa shape index (κ3) is 2.54. The number of nitrogens with one attached hydrogen (secondary N) is 1.